The molecule has 88 valence electrons. The van der Waals surface area contributed by atoms with Gasteiger partial charge in [0, 0.05) is 6.92 Å². The number of aromatic carboxylic acids is 1. The average Bonchev–Trinajstić information content (AvgIpc) is 2.63. The number of nitrogens with zero attached hydrogens (tertiary/aromatic N) is 3. The van der Waals surface area contributed by atoms with Crippen molar-refractivity contribution in [2.75, 3.05) is 0 Å². The topological polar surface area (TPSA) is 89.1 Å². The predicted molar refractivity (Wildman–Crippen MR) is 59.4 cm³/mol. The molecule has 0 aliphatic rings. The molecule has 2 rings (SSSR count). The van der Waals surface area contributed by atoms with Crippen LogP contribution in [0.4, 0.5) is 0 Å². The second-order valence-corrected chi connectivity index (χ2v) is 4.31. The van der Waals surface area contributed by atoms with E-state index >= 15 is 0 Å². The van der Waals surface area contributed by atoms with Gasteiger partial charge in [-0.25, -0.2) is 9.78 Å². The van der Waals surface area contributed by atoms with Crippen LogP contribution in [0, 0.1) is 6.92 Å². The van der Waals surface area contributed by atoms with Gasteiger partial charge in [-0.15, -0.1) is 10.2 Å². The smallest absolute Gasteiger partial charge is 0.338 e. The summed E-state index contributed by atoms with van der Waals surface area (Å²) in [6.07, 6.45) is 0. The van der Waals surface area contributed by atoms with Gasteiger partial charge in [-0.3, -0.25) is 0 Å². The minimum atomic E-state index is -1.09. The summed E-state index contributed by atoms with van der Waals surface area (Å²) in [6, 6.07) is 2.79. The lowest BCUT2D eigenvalue weighted by atomic mass is 10.3. The fourth-order valence-corrected chi connectivity index (χ4v) is 2.08. The van der Waals surface area contributed by atoms with Crippen LogP contribution < -0.4 is 0 Å². The first-order valence-corrected chi connectivity index (χ1v) is 5.63. The monoisotopic (exact) mass is 271 g/mol. The molecular formula is C9H6ClN3O3S. The van der Waals surface area contributed by atoms with Gasteiger partial charge in [-0.1, -0.05) is 11.6 Å². The summed E-state index contributed by atoms with van der Waals surface area (Å²) in [6.45, 7) is 1.64. The molecule has 0 radical (unpaired) electrons. The van der Waals surface area contributed by atoms with E-state index in [2.05, 4.69) is 15.2 Å². The molecule has 0 saturated carbocycles. The molecule has 2 aromatic heterocycles. The van der Waals surface area contributed by atoms with E-state index in [-0.39, 0.29) is 21.0 Å². The van der Waals surface area contributed by atoms with E-state index in [0.717, 1.165) is 11.8 Å². The van der Waals surface area contributed by atoms with Gasteiger partial charge in [0.15, 0.2) is 0 Å². The van der Waals surface area contributed by atoms with Gasteiger partial charge >= 0.3 is 5.97 Å². The molecule has 0 fully saturated rings. The molecule has 0 amide bonds. The zero-order chi connectivity index (χ0) is 12.4. The fraction of sp³-hybridized carbons (Fsp3) is 0.111. The lowest BCUT2D eigenvalue weighted by Gasteiger charge is -2.01. The highest BCUT2D eigenvalue weighted by atomic mass is 35.5. The van der Waals surface area contributed by atoms with Gasteiger partial charge in [0.25, 0.3) is 5.22 Å². The number of hydrogen-bond donors (Lipinski definition) is 1. The predicted octanol–water partition coefficient (Wildman–Crippen LogP) is 2.28. The first kappa shape index (κ1) is 11.9. The zero-order valence-electron chi connectivity index (χ0n) is 8.55. The van der Waals surface area contributed by atoms with Crippen LogP contribution >= 0.6 is 23.4 Å². The molecule has 17 heavy (non-hydrogen) atoms. The molecule has 0 aliphatic heterocycles. The minimum Gasteiger partial charge on any atom is -0.478 e. The van der Waals surface area contributed by atoms with Crippen molar-refractivity contribution in [3.63, 3.8) is 0 Å². The lowest BCUT2D eigenvalue weighted by molar-refractivity contribution is 0.0692. The highest BCUT2D eigenvalue weighted by Gasteiger charge is 2.16. The second-order valence-electron chi connectivity index (χ2n) is 2.98. The summed E-state index contributed by atoms with van der Waals surface area (Å²) >= 11 is 6.67. The number of halogens is 1. The van der Waals surface area contributed by atoms with Crippen LogP contribution in [-0.4, -0.2) is 26.3 Å². The summed E-state index contributed by atoms with van der Waals surface area (Å²) in [5.74, 6) is -0.695. The number of aryl methyl sites for hydroxylation is 1. The number of carbonyl (C=O) groups is 1. The van der Waals surface area contributed by atoms with Crippen LogP contribution in [0.2, 0.25) is 5.15 Å². The van der Waals surface area contributed by atoms with E-state index in [4.69, 9.17) is 21.1 Å². The van der Waals surface area contributed by atoms with Crippen molar-refractivity contribution in [2.24, 2.45) is 0 Å². The fourth-order valence-electron chi connectivity index (χ4n) is 1.06. The Labute approximate surface area is 105 Å². The molecule has 1 N–H and O–H groups in total. The SMILES string of the molecule is Cc1nnc(Sc2nc(Cl)ccc2C(=O)O)o1. The van der Waals surface area contributed by atoms with Gasteiger partial charge in [0.1, 0.15) is 10.2 Å². The maximum atomic E-state index is 11.0. The molecule has 2 aromatic rings. The van der Waals surface area contributed by atoms with Crippen molar-refractivity contribution in [2.45, 2.75) is 17.2 Å². The van der Waals surface area contributed by atoms with Gasteiger partial charge in [0.05, 0.1) is 5.56 Å². The van der Waals surface area contributed by atoms with E-state index in [1.807, 2.05) is 0 Å². The largest absolute Gasteiger partial charge is 0.478 e. The molecule has 0 aromatic carbocycles. The maximum absolute atomic E-state index is 11.0. The number of carboxylic acid groups (broad SMARTS) is 1. The molecule has 0 atom stereocenters. The lowest BCUT2D eigenvalue weighted by Crippen LogP contribution is -2.00. The Balaban J connectivity index is 2.37. The molecule has 8 heteroatoms. The van der Waals surface area contributed by atoms with Crippen LogP contribution in [0.1, 0.15) is 16.2 Å². The molecule has 0 aliphatic carbocycles. The molecule has 0 saturated heterocycles. The number of rotatable bonds is 3. The first-order valence-electron chi connectivity index (χ1n) is 4.44. The first-order chi connectivity index (χ1) is 8.06. The van der Waals surface area contributed by atoms with Crippen LogP contribution in [0.25, 0.3) is 0 Å². The highest BCUT2D eigenvalue weighted by molar-refractivity contribution is 7.99. The Morgan fingerprint density at radius 3 is 2.82 bits per heavy atom. The molecule has 0 bridgehead atoms. The van der Waals surface area contributed by atoms with Crippen LogP contribution in [0.15, 0.2) is 26.8 Å². The van der Waals surface area contributed by atoms with Crippen molar-refractivity contribution in [3.05, 3.63) is 28.7 Å². The summed E-state index contributed by atoms with van der Waals surface area (Å²) in [5.41, 5.74) is 0.0373. The molecule has 2 heterocycles. The average molecular weight is 272 g/mol. The zero-order valence-corrected chi connectivity index (χ0v) is 10.1. The van der Waals surface area contributed by atoms with Gasteiger partial charge in [-0.2, -0.15) is 0 Å². The minimum absolute atomic E-state index is 0.0373. The molecule has 6 nitrogen and oxygen atoms in total. The third kappa shape index (κ3) is 2.75. The maximum Gasteiger partial charge on any atom is 0.338 e. The van der Waals surface area contributed by atoms with E-state index < -0.39 is 5.97 Å². The van der Waals surface area contributed by atoms with Gasteiger partial charge in [-0.05, 0) is 23.9 Å². The van der Waals surface area contributed by atoms with Crippen molar-refractivity contribution in [1.82, 2.24) is 15.2 Å². The summed E-state index contributed by atoms with van der Waals surface area (Å²) in [4.78, 5) is 14.9. The van der Waals surface area contributed by atoms with E-state index in [1.54, 1.807) is 6.92 Å². The normalized spacial score (nSPS) is 10.5. The number of hydrogen-bond acceptors (Lipinski definition) is 6. The highest BCUT2D eigenvalue weighted by Crippen LogP contribution is 2.28. The summed E-state index contributed by atoms with van der Waals surface area (Å²) < 4.78 is 5.13. The number of aromatic nitrogens is 3. The van der Waals surface area contributed by atoms with Crippen LogP contribution in [-0.2, 0) is 0 Å². The summed E-state index contributed by atoms with van der Waals surface area (Å²) in [5, 5.41) is 17.0. The quantitative estimate of drug-likeness (QED) is 0.857. The Morgan fingerprint density at radius 1 is 1.47 bits per heavy atom. The Bertz CT molecular complexity index is 572. The van der Waals surface area contributed by atoms with Crippen molar-refractivity contribution >= 4 is 29.3 Å². The molecular weight excluding hydrogens is 266 g/mol. The van der Waals surface area contributed by atoms with Gasteiger partial charge in [0.2, 0.25) is 5.89 Å². The third-order valence-electron chi connectivity index (χ3n) is 1.75. The van der Waals surface area contributed by atoms with E-state index in [9.17, 15) is 4.79 Å². The second kappa shape index (κ2) is 4.72. The number of pyridine rings is 1. The number of carboxylic acids is 1. The van der Waals surface area contributed by atoms with Crippen LogP contribution in [0.5, 0.6) is 0 Å². The Hall–Kier alpha value is -1.60. The molecule has 0 unspecified atom stereocenters. The Kier molecular flexibility index (Phi) is 3.30. The standard InChI is InChI=1S/C9H6ClN3O3S/c1-4-12-13-9(16-4)17-7-5(8(14)15)2-3-6(10)11-7/h2-3H,1H3,(H,14,15). The summed E-state index contributed by atoms with van der Waals surface area (Å²) in [7, 11) is 0. The van der Waals surface area contributed by atoms with Gasteiger partial charge < -0.3 is 9.52 Å². The molecule has 0 spiro atoms. The van der Waals surface area contributed by atoms with E-state index in [1.165, 1.54) is 12.1 Å². The van der Waals surface area contributed by atoms with Crippen molar-refractivity contribution in [3.8, 4) is 0 Å². The van der Waals surface area contributed by atoms with Crippen molar-refractivity contribution in [1.29, 1.82) is 0 Å². The Morgan fingerprint density at radius 2 is 2.24 bits per heavy atom. The van der Waals surface area contributed by atoms with E-state index in [0.29, 0.717) is 5.89 Å². The third-order valence-corrected chi connectivity index (χ3v) is 2.80. The van der Waals surface area contributed by atoms with Crippen LogP contribution in [0.3, 0.4) is 0 Å². The van der Waals surface area contributed by atoms with Crippen molar-refractivity contribution < 1.29 is 14.3 Å².